The maximum absolute atomic E-state index is 4.43. The van der Waals surface area contributed by atoms with Crippen LogP contribution in [-0.2, 0) is 0 Å². The number of nitrogens with zero attached hydrogens (tertiary/aromatic N) is 2. The van der Waals surface area contributed by atoms with E-state index < -0.39 is 0 Å². The van der Waals surface area contributed by atoms with Gasteiger partial charge in [0.05, 0.1) is 23.6 Å². The first-order chi connectivity index (χ1) is 7.72. The van der Waals surface area contributed by atoms with Crippen molar-refractivity contribution in [3.05, 3.63) is 45.7 Å². The minimum absolute atomic E-state index is 0.146. The van der Waals surface area contributed by atoms with Crippen molar-refractivity contribution >= 4 is 11.3 Å². The van der Waals surface area contributed by atoms with Crippen LogP contribution in [0, 0.1) is 13.8 Å². The summed E-state index contributed by atoms with van der Waals surface area (Å²) >= 11 is 1.75. The first kappa shape index (κ1) is 11.2. The summed E-state index contributed by atoms with van der Waals surface area (Å²) in [4.78, 5) is 10.0. The molecule has 3 nitrogen and oxygen atoms in total. The molecule has 0 aromatic carbocycles. The van der Waals surface area contributed by atoms with Crippen LogP contribution < -0.4 is 5.32 Å². The van der Waals surface area contributed by atoms with Gasteiger partial charge in [-0.2, -0.15) is 0 Å². The first-order valence-corrected chi connectivity index (χ1v) is 6.10. The minimum Gasteiger partial charge on any atom is -0.307 e. The second kappa shape index (κ2) is 4.72. The molecule has 0 aliphatic carbocycles. The van der Waals surface area contributed by atoms with Crippen molar-refractivity contribution < 1.29 is 0 Å². The summed E-state index contributed by atoms with van der Waals surface area (Å²) in [7, 11) is 1.95. The fourth-order valence-electron chi connectivity index (χ4n) is 1.65. The molecule has 1 unspecified atom stereocenters. The number of hydrogen-bond acceptors (Lipinski definition) is 4. The van der Waals surface area contributed by atoms with E-state index >= 15 is 0 Å². The maximum Gasteiger partial charge on any atom is 0.0860 e. The van der Waals surface area contributed by atoms with E-state index in [2.05, 4.69) is 33.7 Å². The monoisotopic (exact) mass is 233 g/mol. The molecule has 0 aliphatic rings. The summed E-state index contributed by atoms with van der Waals surface area (Å²) in [5.74, 6) is 0. The van der Waals surface area contributed by atoms with E-state index in [0.717, 1.165) is 11.4 Å². The number of aromatic nitrogens is 2. The van der Waals surface area contributed by atoms with Crippen molar-refractivity contribution in [2.24, 2.45) is 0 Å². The lowest BCUT2D eigenvalue weighted by atomic mass is 10.1. The van der Waals surface area contributed by atoms with E-state index in [-0.39, 0.29) is 6.04 Å². The number of thiophene rings is 1. The van der Waals surface area contributed by atoms with Crippen LogP contribution in [0.1, 0.15) is 27.9 Å². The van der Waals surface area contributed by atoms with Crippen molar-refractivity contribution in [3.8, 4) is 0 Å². The number of nitrogens with one attached hydrogen (secondary N) is 1. The van der Waals surface area contributed by atoms with E-state index in [1.807, 2.05) is 26.4 Å². The Labute approximate surface area is 99.6 Å². The quantitative estimate of drug-likeness (QED) is 0.885. The van der Waals surface area contributed by atoms with Crippen LogP contribution in [0.15, 0.2) is 23.8 Å². The summed E-state index contributed by atoms with van der Waals surface area (Å²) in [5, 5.41) is 5.40. The van der Waals surface area contributed by atoms with Crippen molar-refractivity contribution in [3.63, 3.8) is 0 Å². The van der Waals surface area contributed by atoms with Crippen molar-refractivity contribution in [1.29, 1.82) is 0 Å². The summed E-state index contributed by atoms with van der Waals surface area (Å²) in [6.45, 7) is 4.07. The van der Waals surface area contributed by atoms with Gasteiger partial charge in [-0.25, -0.2) is 0 Å². The summed E-state index contributed by atoms with van der Waals surface area (Å²) in [6, 6.07) is 2.28. The smallest absolute Gasteiger partial charge is 0.0860 e. The fourth-order valence-corrected chi connectivity index (χ4v) is 2.69. The molecule has 84 valence electrons. The second-order valence-corrected chi connectivity index (χ2v) is 4.72. The Balaban J connectivity index is 2.37. The fraction of sp³-hybridized carbons (Fsp3) is 0.333. The van der Waals surface area contributed by atoms with Crippen molar-refractivity contribution in [2.45, 2.75) is 19.9 Å². The Morgan fingerprint density at radius 3 is 2.56 bits per heavy atom. The van der Waals surface area contributed by atoms with Gasteiger partial charge in [0.15, 0.2) is 0 Å². The third-order valence-corrected chi connectivity index (χ3v) is 3.63. The van der Waals surface area contributed by atoms with E-state index in [9.17, 15) is 0 Å². The van der Waals surface area contributed by atoms with Gasteiger partial charge in [0, 0.05) is 11.1 Å². The molecule has 0 bridgehead atoms. The van der Waals surface area contributed by atoms with Crippen LogP contribution in [-0.4, -0.2) is 17.0 Å². The zero-order valence-corrected chi connectivity index (χ0v) is 10.5. The summed E-state index contributed by atoms with van der Waals surface area (Å²) in [6.07, 6.45) is 3.65. The summed E-state index contributed by atoms with van der Waals surface area (Å²) in [5.41, 5.74) is 3.21. The number of aryl methyl sites for hydroxylation is 2. The predicted molar refractivity (Wildman–Crippen MR) is 66.7 cm³/mol. The van der Waals surface area contributed by atoms with Gasteiger partial charge in [0.1, 0.15) is 0 Å². The molecule has 0 spiro atoms. The third-order valence-electron chi connectivity index (χ3n) is 2.55. The van der Waals surface area contributed by atoms with Gasteiger partial charge < -0.3 is 5.32 Å². The maximum atomic E-state index is 4.43. The highest BCUT2D eigenvalue weighted by atomic mass is 32.1. The lowest BCUT2D eigenvalue weighted by molar-refractivity contribution is 0.673. The zero-order chi connectivity index (χ0) is 11.5. The Morgan fingerprint density at radius 1 is 1.25 bits per heavy atom. The van der Waals surface area contributed by atoms with Crippen molar-refractivity contribution in [2.75, 3.05) is 7.05 Å². The first-order valence-electron chi connectivity index (χ1n) is 5.22. The Morgan fingerprint density at radius 2 is 2.06 bits per heavy atom. The van der Waals surface area contributed by atoms with Crippen molar-refractivity contribution in [1.82, 2.24) is 15.3 Å². The molecular formula is C12H15N3S. The molecule has 16 heavy (non-hydrogen) atoms. The Hall–Kier alpha value is -1.26. The van der Waals surface area contributed by atoms with Gasteiger partial charge in [-0.3, -0.25) is 9.97 Å². The highest BCUT2D eigenvalue weighted by Crippen LogP contribution is 2.27. The topological polar surface area (TPSA) is 37.8 Å². The van der Waals surface area contributed by atoms with Gasteiger partial charge in [-0.1, -0.05) is 0 Å². The molecule has 0 saturated heterocycles. The number of rotatable bonds is 3. The summed E-state index contributed by atoms with van der Waals surface area (Å²) < 4.78 is 0. The van der Waals surface area contributed by atoms with E-state index in [4.69, 9.17) is 0 Å². The second-order valence-electron chi connectivity index (χ2n) is 3.77. The third kappa shape index (κ3) is 2.13. The minimum atomic E-state index is 0.146. The average molecular weight is 233 g/mol. The molecule has 0 radical (unpaired) electrons. The van der Waals surface area contributed by atoms with Gasteiger partial charge >= 0.3 is 0 Å². The van der Waals surface area contributed by atoms with Crippen LogP contribution in [0.4, 0.5) is 0 Å². The molecular weight excluding hydrogens is 218 g/mol. The van der Waals surface area contributed by atoms with E-state index in [1.165, 1.54) is 10.4 Å². The highest BCUT2D eigenvalue weighted by Gasteiger charge is 2.16. The molecule has 2 aromatic rings. The Kier molecular flexibility index (Phi) is 3.31. The van der Waals surface area contributed by atoms with Crippen LogP contribution in [0.5, 0.6) is 0 Å². The molecule has 0 fully saturated rings. The molecule has 2 rings (SSSR count). The molecule has 1 atom stereocenters. The van der Waals surface area contributed by atoms with Crippen LogP contribution >= 0.6 is 11.3 Å². The van der Waals surface area contributed by atoms with Gasteiger partial charge in [-0.05, 0) is 37.9 Å². The Bertz CT molecular complexity index is 461. The lowest BCUT2D eigenvalue weighted by Crippen LogP contribution is -2.18. The largest absolute Gasteiger partial charge is 0.307 e. The predicted octanol–water partition coefficient (Wildman–Crippen LogP) is 2.46. The van der Waals surface area contributed by atoms with E-state index in [1.54, 1.807) is 11.3 Å². The van der Waals surface area contributed by atoms with Crippen LogP contribution in [0.2, 0.25) is 0 Å². The highest BCUT2D eigenvalue weighted by molar-refractivity contribution is 7.10. The normalized spacial score (nSPS) is 12.7. The van der Waals surface area contributed by atoms with Crippen LogP contribution in [0.3, 0.4) is 0 Å². The number of hydrogen-bond donors (Lipinski definition) is 1. The average Bonchev–Trinajstić information content (AvgIpc) is 2.69. The van der Waals surface area contributed by atoms with Gasteiger partial charge in [0.25, 0.3) is 0 Å². The van der Waals surface area contributed by atoms with Gasteiger partial charge in [-0.15, -0.1) is 11.3 Å². The molecule has 2 heterocycles. The molecule has 2 aromatic heterocycles. The van der Waals surface area contributed by atoms with E-state index in [0.29, 0.717) is 0 Å². The SMILES string of the molecule is CNC(c1cnc(C)cn1)c1sccc1C. The standard InChI is InChI=1S/C12H15N3S/c1-8-4-5-16-12(8)11(13-3)10-7-14-9(2)6-15-10/h4-7,11,13H,1-3H3. The zero-order valence-electron chi connectivity index (χ0n) is 9.69. The lowest BCUT2D eigenvalue weighted by Gasteiger charge is -2.14. The van der Waals surface area contributed by atoms with Crippen LogP contribution in [0.25, 0.3) is 0 Å². The molecule has 4 heteroatoms. The van der Waals surface area contributed by atoms with Gasteiger partial charge in [0.2, 0.25) is 0 Å². The molecule has 1 N–H and O–H groups in total. The molecule has 0 amide bonds. The molecule has 0 aliphatic heterocycles. The molecule has 0 saturated carbocycles.